The SMILES string of the molecule is CNC(=O)[C@H]1O[C@@H](n2cnc3c(NCc4cccc(Cl)c4)ncnc32)[C@@H](O)[C@@H]1O. The number of amides is 1. The molecule has 1 amide bonds. The fraction of sp³-hybridized carbons (Fsp3) is 0.333. The molecular weight excluding hydrogens is 400 g/mol. The van der Waals surface area contributed by atoms with Gasteiger partial charge in [0.15, 0.2) is 29.3 Å². The van der Waals surface area contributed by atoms with E-state index < -0.39 is 30.4 Å². The Morgan fingerprint density at radius 2 is 2.10 bits per heavy atom. The Morgan fingerprint density at radius 1 is 1.28 bits per heavy atom. The molecule has 0 spiro atoms. The van der Waals surface area contributed by atoms with Gasteiger partial charge in [-0.15, -0.1) is 0 Å². The first-order valence-corrected chi connectivity index (χ1v) is 9.26. The summed E-state index contributed by atoms with van der Waals surface area (Å²) >= 11 is 6.01. The van der Waals surface area contributed by atoms with Crippen molar-refractivity contribution in [3.8, 4) is 0 Å². The first-order valence-electron chi connectivity index (χ1n) is 8.88. The Morgan fingerprint density at radius 3 is 2.86 bits per heavy atom. The van der Waals surface area contributed by atoms with Crippen molar-refractivity contribution in [2.75, 3.05) is 12.4 Å². The van der Waals surface area contributed by atoms with Crippen LogP contribution in [0.2, 0.25) is 5.02 Å². The van der Waals surface area contributed by atoms with Gasteiger partial charge in [-0.2, -0.15) is 0 Å². The molecule has 4 N–H and O–H groups in total. The average Bonchev–Trinajstić information content (AvgIpc) is 3.28. The predicted molar refractivity (Wildman–Crippen MR) is 104 cm³/mol. The lowest BCUT2D eigenvalue weighted by molar-refractivity contribution is -0.137. The molecule has 1 aliphatic rings. The number of anilines is 1. The number of aliphatic hydroxyl groups is 2. The van der Waals surface area contributed by atoms with Crippen molar-refractivity contribution in [3.63, 3.8) is 0 Å². The van der Waals surface area contributed by atoms with Gasteiger partial charge in [0, 0.05) is 18.6 Å². The topological polar surface area (TPSA) is 134 Å². The number of imidazole rings is 1. The first-order chi connectivity index (χ1) is 14.0. The van der Waals surface area contributed by atoms with Crippen molar-refractivity contribution in [1.82, 2.24) is 24.8 Å². The first kappa shape index (κ1) is 19.5. The smallest absolute Gasteiger partial charge is 0.251 e. The van der Waals surface area contributed by atoms with E-state index in [1.165, 1.54) is 24.3 Å². The zero-order valence-corrected chi connectivity index (χ0v) is 16.1. The number of likely N-dealkylation sites (N-methyl/N-ethyl adjacent to an activating group) is 1. The zero-order chi connectivity index (χ0) is 20.5. The standard InChI is InChI=1S/C18H19ClN6O4/c1-20-17(28)14-12(26)13(27)18(29-14)25-8-24-11-15(22-7-23-16(11)25)21-6-9-3-2-4-10(19)5-9/h2-5,7-8,12-14,18,26-27H,6H2,1H3,(H,20,28)(H,21,22,23)/t12-,13-,14-,18+/m0/s1. The Balaban J connectivity index is 1.60. The molecule has 1 fully saturated rings. The van der Waals surface area contributed by atoms with Crippen molar-refractivity contribution in [2.24, 2.45) is 0 Å². The second-order valence-electron chi connectivity index (χ2n) is 6.57. The summed E-state index contributed by atoms with van der Waals surface area (Å²) in [5.74, 6) is -0.0356. The fourth-order valence-corrected chi connectivity index (χ4v) is 3.46. The Hall–Kier alpha value is -2.79. The van der Waals surface area contributed by atoms with Crippen molar-refractivity contribution in [3.05, 3.63) is 47.5 Å². The van der Waals surface area contributed by atoms with E-state index in [4.69, 9.17) is 16.3 Å². The van der Waals surface area contributed by atoms with Gasteiger partial charge < -0.3 is 25.6 Å². The number of benzene rings is 1. The zero-order valence-electron chi connectivity index (χ0n) is 15.4. The van der Waals surface area contributed by atoms with E-state index >= 15 is 0 Å². The normalized spacial score (nSPS) is 24.0. The summed E-state index contributed by atoms with van der Waals surface area (Å²) in [6.07, 6.45) is -2.13. The Labute approximate surface area is 170 Å². The van der Waals surface area contributed by atoms with E-state index in [2.05, 4.69) is 25.6 Å². The molecule has 1 aromatic carbocycles. The van der Waals surface area contributed by atoms with Gasteiger partial charge in [-0.1, -0.05) is 23.7 Å². The molecule has 0 radical (unpaired) electrons. The van der Waals surface area contributed by atoms with Crippen molar-refractivity contribution >= 4 is 34.5 Å². The lowest BCUT2D eigenvalue weighted by Crippen LogP contribution is -2.41. The van der Waals surface area contributed by atoms with E-state index in [-0.39, 0.29) is 0 Å². The molecule has 3 aromatic rings. The second kappa shape index (κ2) is 7.91. The molecule has 29 heavy (non-hydrogen) atoms. The number of aromatic nitrogens is 4. The molecule has 0 saturated carbocycles. The second-order valence-corrected chi connectivity index (χ2v) is 7.01. The highest BCUT2D eigenvalue weighted by Crippen LogP contribution is 2.32. The van der Waals surface area contributed by atoms with Crippen molar-refractivity contribution in [1.29, 1.82) is 0 Å². The molecule has 0 aliphatic carbocycles. The van der Waals surface area contributed by atoms with E-state index in [1.807, 2.05) is 18.2 Å². The van der Waals surface area contributed by atoms with Crippen LogP contribution in [0.15, 0.2) is 36.9 Å². The highest BCUT2D eigenvalue weighted by Gasteiger charge is 2.47. The van der Waals surface area contributed by atoms with Crippen LogP contribution in [0.3, 0.4) is 0 Å². The fourth-order valence-electron chi connectivity index (χ4n) is 3.25. The molecule has 2 aromatic heterocycles. The van der Waals surface area contributed by atoms with Gasteiger partial charge in [-0.3, -0.25) is 9.36 Å². The maximum Gasteiger partial charge on any atom is 0.251 e. The molecular formula is C18H19ClN6O4. The minimum atomic E-state index is -1.38. The molecule has 3 heterocycles. The van der Waals surface area contributed by atoms with Crippen LogP contribution in [0.25, 0.3) is 11.2 Å². The number of hydrogen-bond donors (Lipinski definition) is 4. The van der Waals surface area contributed by atoms with Gasteiger partial charge in [0.2, 0.25) is 0 Å². The summed E-state index contributed by atoms with van der Waals surface area (Å²) < 4.78 is 7.06. The summed E-state index contributed by atoms with van der Waals surface area (Å²) in [5.41, 5.74) is 1.82. The number of ether oxygens (including phenoxy) is 1. The van der Waals surface area contributed by atoms with Crippen molar-refractivity contribution < 1.29 is 19.7 Å². The predicted octanol–water partition coefficient (Wildman–Crippen LogP) is 0.457. The highest BCUT2D eigenvalue weighted by atomic mass is 35.5. The van der Waals surface area contributed by atoms with Crippen LogP contribution in [-0.2, 0) is 16.1 Å². The number of nitrogens with zero attached hydrogens (tertiary/aromatic N) is 4. The number of fused-ring (bicyclic) bond motifs is 1. The maximum absolute atomic E-state index is 11.9. The van der Waals surface area contributed by atoms with Crippen LogP contribution in [0.5, 0.6) is 0 Å². The summed E-state index contributed by atoms with van der Waals surface area (Å²) in [4.78, 5) is 24.6. The van der Waals surface area contributed by atoms with Gasteiger partial charge >= 0.3 is 0 Å². The lowest BCUT2D eigenvalue weighted by Gasteiger charge is -2.16. The monoisotopic (exact) mass is 418 g/mol. The minimum Gasteiger partial charge on any atom is -0.387 e. The summed E-state index contributed by atoms with van der Waals surface area (Å²) in [7, 11) is 1.43. The number of rotatable bonds is 5. The molecule has 1 aliphatic heterocycles. The van der Waals surface area contributed by atoms with E-state index in [0.29, 0.717) is 28.5 Å². The van der Waals surface area contributed by atoms with Gasteiger partial charge in [-0.25, -0.2) is 15.0 Å². The Bertz CT molecular complexity index is 1040. The molecule has 0 unspecified atom stereocenters. The third-order valence-electron chi connectivity index (χ3n) is 4.73. The van der Waals surface area contributed by atoms with Crippen LogP contribution in [0.1, 0.15) is 11.8 Å². The molecule has 4 rings (SSSR count). The van der Waals surface area contributed by atoms with Gasteiger partial charge in [0.1, 0.15) is 18.5 Å². The quantitative estimate of drug-likeness (QED) is 0.469. The van der Waals surface area contributed by atoms with E-state index in [9.17, 15) is 15.0 Å². The molecule has 0 bridgehead atoms. The number of hydrogen-bond acceptors (Lipinski definition) is 8. The minimum absolute atomic E-state index is 0.391. The van der Waals surface area contributed by atoms with Crippen LogP contribution >= 0.6 is 11.6 Å². The third-order valence-corrected chi connectivity index (χ3v) is 4.96. The van der Waals surface area contributed by atoms with Gasteiger partial charge in [0.25, 0.3) is 5.91 Å². The van der Waals surface area contributed by atoms with Crippen LogP contribution in [-0.4, -0.2) is 61.0 Å². The largest absolute Gasteiger partial charge is 0.387 e. The molecule has 11 heteroatoms. The number of nitrogens with one attached hydrogen (secondary N) is 2. The van der Waals surface area contributed by atoms with Crippen LogP contribution < -0.4 is 10.6 Å². The summed E-state index contributed by atoms with van der Waals surface area (Å²) in [6.45, 7) is 0.472. The molecule has 10 nitrogen and oxygen atoms in total. The number of carbonyl (C=O) groups is 1. The van der Waals surface area contributed by atoms with Crippen LogP contribution in [0, 0.1) is 0 Å². The highest BCUT2D eigenvalue weighted by molar-refractivity contribution is 6.30. The molecule has 152 valence electrons. The van der Waals surface area contributed by atoms with Gasteiger partial charge in [-0.05, 0) is 17.7 Å². The third kappa shape index (κ3) is 3.62. The van der Waals surface area contributed by atoms with Crippen molar-refractivity contribution in [2.45, 2.75) is 31.1 Å². The number of halogens is 1. The number of aliphatic hydroxyl groups excluding tert-OH is 2. The van der Waals surface area contributed by atoms with Crippen LogP contribution in [0.4, 0.5) is 5.82 Å². The maximum atomic E-state index is 11.9. The average molecular weight is 419 g/mol. The van der Waals surface area contributed by atoms with E-state index in [1.54, 1.807) is 6.07 Å². The summed E-state index contributed by atoms with van der Waals surface area (Å²) in [5, 5.41) is 26.8. The molecule has 1 saturated heterocycles. The lowest BCUT2D eigenvalue weighted by atomic mass is 10.1. The van der Waals surface area contributed by atoms with Gasteiger partial charge in [0.05, 0.1) is 6.33 Å². The molecule has 4 atom stereocenters. The van der Waals surface area contributed by atoms with E-state index in [0.717, 1.165) is 5.56 Å². The number of carbonyl (C=O) groups excluding carboxylic acids is 1. The summed E-state index contributed by atoms with van der Waals surface area (Å²) in [6, 6.07) is 7.42. The Kier molecular flexibility index (Phi) is 5.33.